The van der Waals surface area contributed by atoms with Gasteiger partial charge < -0.3 is 14.5 Å². The highest BCUT2D eigenvalue weighted by atomic mass is 19.1. The monoisotopic (exact) mass is 480 g/mol. The zero-order chi connectivity index (χ0) is 24.5. The van der Waals surface area contributed by atoms with Crippen LogP contribution in [0.3, 0.4) is 0 Å². The van der Waals surface area contributed by atoms with Crippen molar-refractivity contribution in [3.8, 4) is 22.9 Å². The third-order valence-corrected chi connectivity index (χ3v) is 6.13. The van der Waals surface area contributed by atoms with Gasteiger partial charge in [-0.1, -0.05) is 30.3 Å². The van der Waals surface area contributed by atoms with Crippen LogP contribution in [0.4, 0.5) is 14.6 Å². The molecule has 1 N–H and O–H groups in total. The van der Waals surface area contributed by atoms with Crippen LogP contribution >= 0.6 is 0 Å². The highest BCUT2D eigenvalue weighted by Crippen LogP contribution is 2.31. The van der Waals surface area contributed by atoms with Crippen LogP contribution < -0.4 is 4.90 Å². The number of benzene rings is 1. The van der Waals surface area contributed by atoms with Crippen LogP contribution in [0.2, 0.25) is 0 Å². The number of carboxylic acid groups (broad SMARTS) is 1. The van der Waals surface area contributed by atoms with Crippen LogP contribution in [-0.4, -0.2) is 48.6 Å². The molecular weight excluding hydrogens is 458 g/mol. The summed E-state index contributed by atoms with van der Waals surface area (Å²) in [5, 5.41) is 18.2. The van der Waals surface area contributed by atoms with Gasteiger partial charge >= 0.3 is 5.97 Å². The Balaban J connectivity index is 1.55. The van der Waals surface area contributed by atoms with Gasteiger partial charge in [0, 0.05) is 18.2 Å². The lowest BCUT2D eigenvalue weighted by Gasteiger charge is -2.36. The lowest BCUT2D eigenvalue weighted by molar-refractivity contribution is -0.139. The minimum atomic E-state index is -1.03. The Morgan fingerprint density at radius 2 is 2.03 bits per heavy atom. The first-order valence-corrected chi connectivity index (χ1v) is 11.1. The molecule has 4 heterocycles. The van der Waals surface area contributed by atoms with Gasteiger partial charge in [-0.25, -0.2) is 23.5 Å². The van der Waals surface area contributed by atoms with Gasteiger partial charge in [0.15, 0.2) is 17.5 Å². The molecule has 0 spiro atoms. The number of hydrogen-bond donors (Lipinski definition) is 1. The van der Waals surface area contributed by atoms with E-state index in [1.807, 2.05) is 6.92 Å². The first-order valence-electron chi connectivity index (χ1n) is 11.1. The Morgan fingerprint density at radius 1 is 1.20 bits per heavy atom. The smallest absolute Gasteiger partial charge is 0.326 e. The fraction of sp³-hybridized carbons (Fsp3) is 0.292. The number of piperidine rings is 1. The van der Waals surface area contributed by atoms with Crippen molar-refractivity contribution in [3.05, 3.63) is 66.1 Å². The molecule has 0 radical (unpaired) electrons. The van der Waals surface area contributed by atoms with Gasteiger partial charge in [0.25, 0.3) is 0 Å². The molecule has 1 aliphatic heterocycles. The number of rotatable bonds is 6. The Bertz CT molecular complexity index is 1360. The average Bonchev–Trinajstić information content (AvgIpc) is 3.51. The maximum atomic E-state index is 14.8. The first-order chi connectivity index (χ1) is 16.9. The molecule has 1 aromatic carbocycles. The number of aliphatic carboxylic acids is 1. The van der Waals surface area contributed by atoms with Crippen molar-refractivity contribution >= 4 is 11.8 Å². The quantitative estimate of drug-likeness (QED) is 0.441. The van der Waals surface area contributed by atoms with Crippen LogP contribution in [-0.2, 0) is 11.3 Å². The highest BCUT2D eigenvalue weighted by Gasteiger charge is 2.34. The van der Waals surface area contributed by atoms with E-state index in [-0.39, 0.29) is 29.9 Å². The van der Waals surface area contributed by atoms with Crippen molar-refractivity contribution in [2.24, 2.45) is 5.92 Å². The van der Waals surface area contributed by atoms with E-state index in [1.165, 1.54) is 17.2 Å². The molecule has 3 aromatic heterocycles. The van der Waals surface area contributed by atoms with Crippen molar-refractivity contribution in [1.82, 2.24) is 24.9 Å². The maximum absolute atomic E-state index is 14.8. The molecule has 11 heteroatoms. The van der Waals surface area contributed by atoms with E-state index in [0.717, 1.165) is 12.6 Å². The molecule has 1 aliphatic rings. The van der Waals surface area contributed by atoms with Crippen molar-refractivity contribution in [2.75, 3.05) is 11.4 Å². The molecule has 4 aromatic rings. The molecule has 9 nitrogen and oxygen atoms in total. The Kier molecular flexibility index (Phi) is 5.98. The lowest BCUT2D eigenvalue weighted by atomic mass is 9.92. The second-order valence-corrected chi connectivity index (χ2v) is 8.59. The van der Waals surface area contributed by atoms with Crippen molar-refractivity contribution in [1.29, 1.82) is 0 Å². The number of nitrogens with zero attached hydrogens (tertiary/aromatic N) is 6. The van der Waals surface area contributed by atoms with Gasteiger partial charge in [0.05, 0.1) is 18.4 Å². The molecule has 0 bridgehead atoms. The lowest BCUT2D eigenvalue weighted by Crippen LogP contribution is -2.47. The molecule has 2 unspecified atom stereocenters. The van der Waals surface area contributed by atoms with Crippen LogP contribution in [0.5, 0.6) is 0 Å². The van der Waals surface area contributed by atoms with Crippen molar-refractivity contribution in [2.45, 2.75) is 32.4 Å². The fourth-order valence-electron chi connectivity index (χ4n) is 4.30. The Hall–Kier alpha value is -4.15. The standard InChI is InChI=1S/C24H22F2N6O3/c1-14-6-8-31(21(10-14)24(33)34)23-17(26)12-27-22(28-23)19-11-20(18-7-9-35-30-18)32(29-19)13-15-4-2-3-5-16(15)25/h2-5,7,9,11-12,14,21H,6,8,10,13H2,1H3,(H,33,34). The SMILES string of the molecule is CC1CCN(c2nc(-c3cc(-c4ccon4)n(Cc4ccccc4F)n3)ncc2F)C(C(=O)O)C1. The highest BCUT2D eigenvalue weighted by molar-refractivity contribution is 5.78. The third-order valence-electron chi connectivity index (χ3n) is 6.13. The molecule has 2 atom stereocenters. The Labute approximate surface area is 199 Å². The predicted molar refractivity (Wildman–Crippen MR) is 121 cm³/mol. The summed E-state index contributed by atoms with van der Waals surface area (Å²) in [5.41, 5.74) is 1.72. The molecular formula is C24H22F2N6O3. The van der Waals surface area contributed by atoms with E-state index in [0.29, 0.717) is 35.6 Å². The molecule has 1 fully saturated rings. The van der Waals surface area contributed by atoms with E-state index in [4.69, 9.17) is 4.52 Å². The topological polar surface area (TPSA) is 110 Å². The largest absolute Gasteiger partial charge is 0.480 e. The molecule has 35 heavy (non-hydrogen) atoms. The van der Waals surface area contributed by atoms with Crippen molar-refractivity contribution < 1.29 is 23.2 Å². The van der Waals surface area contributed by atoms with Crippen LogP contribution in [0.15, 0.2) is 53.4 Å². The number of carboxylic acids is 1. The summed E-state index contributed by atoms with van der Waals surface area (Å²) in [6.45, 7) is 2.44. The summed E-state index contributed by atoms with van der Waals surface area (Å²) in [5.74, 6) is -1.89. The minimum absolute atomic E-state index is 0.0825. The summed E-state index contributed by atoms with van der Waals surface area (Å²) in [6.07, 6.45) is 3.53. The predicted octanol–water partition coefficient (Wildman–Crippen LogP) is 4.01. The van der Waals surface area contributed by atoms with Gasteiger partial charge in [0.2, 0.25) is 0 Å². The normalized spacial score (nSPS) is 18.1. The summed E-state index contributed by atoms with van der Waals surface area (Å²) in [7, 11) is 0. The molecule has 0 amide bonds. The summed E-state index contributed by atoms with van der Waals surface area (Å²) in [6, 6.07) is 8.76. The Morgan fingerprint density at radius 3 is 2.77 bits per heavy atom. The van der Waals surface area contributed by atoms with Gasteiger partial charge in [0.1, 0.15) is 29.5 Å². The zero-order valence-corrected chi connectivity index (χ0v) is 18.8. The van der Waals surface area contributed by atoms with Crippen LogP contribution in [0.1, 0.15) is 25.3 Å². The van der Waals surface area contributed by atoms with Crippen LogP contribution in [0.25, 0.3) is 22.9 Å². The number of hydrogen-bond acceptors (Lipinski definition) is 7. The molecule has 1 saturated heterocycles. The van der Waals surface area contributed by atoms with E-state index in [1.54, 1.807) is 35.0 Å². The fourth-order valence-corrected chi connectivity index (χ4v) is 4.30. The molecule has 0 aliphatic carbocycles. The number of halogens is 2. The molecule has 0 saturated carbocycles. The second kappa shape index (κ2) is 9.24. The number of aromatic nitrogens is 5. The van der Waals surface area contributed by atoms with Crippen molar-refractivity contribution in [3.63, 3.8) is 0 Å². The second-order valence-electron chi connectivity index (χ2n) is 8.59. The van der Waals surface area contributed by atoms with Gasteiger partial charge in [-0.05, 0) is 30.9 Å². The van der Waals surface area contributed by atoms with E-state index >= 15 is 0 Å². The third kappa shape index (κ3) is 4.48. The minimum Gasteiger partial charge on any atom is -0.480 e. The maximum Gasteiger partial charge on any atom is 0.326 e. The first kappa shape index (κ1) is 22.6. The zero-order valence-electron chi connectivity index (χ0n) is 18.8. The average molecular weight is 480 g/mol. The van der Waals surface area contributed by atoms with E-state index in [2.05, 4.69) is 20.2 Å². The number of anilines is 1. The summed E-state index contributed by atoms with van der Waals surface area (Å²) >= 11 is 0. The number of carbonyl (C=O) groups is 1. The van der Waals surface area contributed by atoms with E-state index < -0.39 is 17.8 Å². The van der Waals surface area contributed by atoms with Crippen LogP contribution in [0, 0.1) is 17.6 Å². The van der Waals surface area contributed by atoms with Gasteiger partial charge in [-0.15, -0.1) is 0 Å². The van der Waals surface area contributed by atoms with Gasteiger partial charge in [-0.3, -0.25) is 4.68 Å². The van der Waals surface area contributed by atoms with E-state index in [9.17, 15) is 18.7 Å². The van der Waals surface area contributed by atoms with Gasteiger partial charge in [-0.2, -0.15) is 5.10 Å². The molecule has 5 rings (SSSR count). The summed E-state index contributed by atoms with van der Waals surface area (Å²) < 4.78 is 35.6. The summed E-state index contributed by atoms with van der Waals surface area (Å²) in [4.78, 5) is 21.8. The molecule has 180 valence electrons.